The van der Waals surface area contributed by atoms with Gasteiger partial charge in [-0.25, -0.2) is 0 Å². The summed E-state index contributed by atoms with van der Waals surface area (Å²) in [6.45, 7) is 14.6. The molecule has 0 N–H and O–H groups in total. The second-order valence-electron chi connectivity index (χ2n) is 6.95. The maximum atomic E-state index is 2.56. The van der Waals surface area contributed by atoms with Gasteiger partial charge in [0.2, 0.25) is 0 Å². The van der Waals surface area contributed by atoms with Crippen LogP contribution in [0.25, 0.3) is 6.08 Å². The van der Waals surface area contributed by atoms with Crippen LogP contribution in [-0.2, 0) is 16.6 Å². The zero-order valence-electron chi connectivity index (χ0n) is 15.4. The van der Waals surface area contributed by atoms with Gasteiger partial charge >= 0.3 is 142 Å². The molecule has 3 rings (SSSR count). The Balaban J connectivity index is 0.00000144. The van der Waals surface area contributed by atoms with Crippen LogP contribution in [0.2, 0.25) is 13.1 Å². The van der Waals surface area contributed by atoms with E-state index in [-0.39, 0.29) is 31.0 Å². The smallest absolute Gasteiger partial charge is 1.00 e. The largest absolute Gasteiger partial charge is 1.00 e. The molecule has 2 atom stereocenters. The summed E-state index contributed by atoms with van der Waals surface area (Å²) in [7, 11) is 0. The maximum absolute atomic E-state index is 2.56. The topological polar surface area (TPSA) is 0 Å². The van der Waals surface area contributed by atoms with Crippen LogP contribution < -0.4 is 24.8 Å². The Morgan fingerprint density at radius 3 is 2.12 bits per heavy atom. The molecule has 2 unspecified atom stereocenters. The van der Waals surface area contributed by atoms with Crippen LogP contribution in [0.4, 0.5) is 0 Å². The number of halogens is 2. The molecule has 1 aromatic carbocycles. The zero-order valence-corrected chi connectivity index (χ0v) is 19.4. The first-order valence-electron chi connectivity index (χ1n) is 8.26. The average Bonchev–Trinajstić information content (AvgIpc) is 2.99. The van der Waals surface area contributed by atoms with Crippen LogP contribution in [0, 0.1) is 5.92 Å². The van der Waals surface area contributed by atoms with Gasteiger partial charge in [0.25, 0.3) is 0 Å². The first-order chi connectivity index (χ1) is 10.4. The Bertz CT molecular complexity index is 768. The molecule has 0 saturated heterocycles. The molecule has 0 radical (unpaired) electrons. The summed E-state index contributed by atoms with van der Waals surface area (Å²) in [6.07, 6.45) is 4.65. The minimum atomic E-state index is -1.33. The Morgan fingerprint density at radius 1 is 0.958 bits per heavy atom. The number of hydrogen-bond acceptors (Lipinski definition) is 0. The van der Waals surface area contributed by atoms with E-state index in [1.165, 1.54) is 5.56 Å². The summed E-state index contributed by atoms with van der Waals surface area (Å²) in [5.41, 5.74) is 7.91. The molecular weight excluding hydrogens is 387 g/mol. The van der Waals surface area contributed by atoms with Crippen LogP contribution in [0.1, 0.15) is 43.0 Å². The normalized spacial score (nSPS) is 21.0. The maximum Gasteiger partial charge on any atom is -1.00 e. The molecule has 0 bridgehead atoms. The number of benzene rings is 1. The number of rotatable bonds is 2. The number of allylic oxidation sites excluding steroid dienone is 5. The monoisotopic (exact) mass is 412 g/mol. The van der Waals surface area contributed by atoms with Gasteiger partial charge in [0.1, 0.15) is 0 Å². The van der Waals surface area contributed by atoms with Crippen molar-refractivity contribution < 1.29 is 41.4 Å². The van der Waals surface area contributed by atoms with Crippen molar-refractivity contribution in [3.8, 4) is 0 Å². The molecule has 24 heavy (non-hydrogen) atoms. The fourth-order valence-electron chi connectivity index (χ4n) is 4.05. The van der Waals surface area contributed by atoms with Gasteiger partial charge in [-0.3, -0.25) is 0 Å². The molecule has 2 aliphatic rings. The van der Waals surface area contributed by atoms with Gasteiger partial charge in [-0.05, 0) is 0 Å². The summed E-state index contributed by atoms with van der Waals surface area (Å²) in [5, 5.41) is 0. The molecule has 0 aliphatic heterocycles. The van der Waals surface area contributed by atoms with Gasteiger partial charge < -0.3 is 24.8 Å². The van der Waals surface area contributed by atoms with Crippen molar-refractivity contribution in [1.29, 1.82) is 0 Å². The first kappa shape index (κ1) is 22.0. The molecule has 0 heterocycles. The van der Waals surface area contributed by atoms with Crippen LogP contribution in [0.5, 0.6) is 0 Å². The predicted octanol–water partition coefficient (Wildman–Crippen LogP) is -0.108. The van der Waals surface area contributed by atoms with Crippen LogP contribution in [-0.4, -0.2) is 6.19 Å². The summed E-state index contributed by atoms with van der Waals surface area (Å²) in [6, 6.07) is 9.06. The molecule has 0 spiro atoms. The van der Waals surface area contributed by atoms with Crippen molar-refractivity contribution in [2.24, 2.45) is 5.92 Å². The van der Waals surface area contributed by atoms with E-state index in [2.05, 4.69) is 77.2 Å². The minimum Gasteiger partial charge on any atom is -1.00 e. The Kier molecular flexibility index (Phi) is 7.84. The summed E-state index contributed by atoms with van der Waals surface area (Å²) >= 11 is -1.33. The molecule has 128 valence electrons. The van der Waals surface area contributed by atoms with Crippen LogP contribution in [0.15, 0.2) is 50.9 Å². The SMILES string of the molecule is CC1=C(C)C(C)[C]([Ti+2]([CH]2C=Cc3ccccc32)=[Si](C)C)=C1C.[Cl-].[Cl-]. The van der Waals surface area contributed by atoms with Gasteiger partial charge in [0, 0.05) is 0 Å². The van der Waals surface area contributed by atoms with E-state index < -0.39 is 16.6 Å². The molecule has 0 saturated carbocycles. The third-order valence-electron chi connectivity index (χ3n) is 5.58. The molecule has 2 aliphatic carbocycles. The van der Waals surface area contributed by atoms with Gasteiger partial charge in [0.15, 0.2) is 0 Å². The molecule has 4 heteroatoms. The van der Waals surface area contributed by atoms with Crippen molar-refractivity contribution in [2.75, 3.05) is 0 Å². The fraction of sp³-hybridized carbons (Fsp3) is 0.400. The quantitative estimate of drug-likeness (QED) is 0.594. The Hall–Kier alpha value is -0.0488. The van der Waals surface area contributed by atoms with Crippen molar-refractivity contribution in [3.05, 3.63) is 62.1 Å². The van der Waals surface area contributed by atoms with Crippen LogP contribution in [0.3, 0.4) is 0 Å². The van der Waals surface area contributed by atoms with Gasteiger partial charge in [-0.15, -0.1) is 0 Å². The van der Waals surface area contributed by atoms with E-state index in [9.17, 15) is 0 Å². The third kappa shape index (κ3) is 3.57. The van der Waals surface area contributed by atoms with Crippen molar-refractivity contribution >= 4 is 12.3 Å². The summed E-state index contributed by atoms with van der Waals surface area (Å²) < 4.78 is 2.63. The Labute approximate surface area is 166 Å². The van der Waals surface area contributed by atoms with E-state index in [0.29, 0.717) is 5.92 Å². The third-order valence-corrected chi connectivity index (χ3v) is 18.0. The number of fused-ring (bicyclic) bond motifs is 1. The summed E-state index contributed by atoms with van der Waals surface area (Å²) in [4.78, 5) is 0. The Morgan fingerprint density at radius 2 is 1.58 bits per heavy atom. The average molecular weight is 413 g/mol. The van der Waals surface area contributed by atoms with Gasteiger partial charge in [-0.1, -0.05) is 0 Å². The van der Waals surface area contributed by atoms with Crippen molar-refractivity contribution in [2.45, 2.75) is 45.0 Å². The van der Waals surface area contributed by atoms with Crippen molar-refractivity contribution in [3.63, 3.8) is 0 Å². The van der Waals surface area contributed by atoms with Gasteiger partial charge in [-0.2, -0.15) is 0 Å². The molecule has 1 aromatic rings. The number of hydrogen-bond donors (Lipinski definition) is 0. The fourth-order valence-corrected chi connectivity index (χ4v) is 17.2. The molecule has 0 amide bonds. The second-order valence-corrected chi connectivity index (χ2v) is 19.0. The van der Waals surface area contributed by atoms with E-state index in [1.54, 1.807) is 22.3 Å². The minimum absolute atomic E-state index is 0. The van der Waals surface area contributed by atoms with E-state index >= 15 is 0 Å². The van der Waals surface area contributed by atoms with E-state index in [0.717, 1.165) is 4.22 Å². The van der Waals surface area contributed by atoms with Crippen LogP contribution >= 0.6 is 0 Å². The molecule has 0 nitrogen and oxygen atoms in total. The molecule has 0 aromatic heterocycles. The molecular formula is C20H26Cl2SiTi. The summed E-state index contributed by atoms with van der Waals surface area (Å²) in [5.74, 6) is 0.691. The zero-order chi connectivity index (χ0) is 16.0. The van der Waals surface area contributed by atoms with Crippen molar-refractivity contribution in [1.82, 2.24) is 0 Å². The first-order valence-corrected chi connectivity index (χ1v) is 14.8. The van der Waals surface area contributed by atoms with Gasteiger partial charge in [0.05, 0.1) is 0 Å². The predicted molar refractivity (Wildman–Crippen MR) is 95.9 cm³/mol. The standard InChI is InChI=1S/C9H7.C9H13.C2H6Si.2ClH.Ti/c1-2-5-9-7-3-6-8(9)4-1;1-6-5-7(2)9(4)8(6)3;1-3-2;;;/h1-7H;6H,1-4H3;1-2H3;2*1H;/q;;;;;+2/p-2. The molecule has 0 fully saturated rings. The van der Waals surface area contributed by atoms with E-state index in [1.807, 2.05) is 3.88 Å². The van der Waals surface area contributed by atoms with E-state index in [4.69, 9.17) is 0 Å². The second kappa shape index (κ2) is 8.56.